The van der Waals surface area contributed by atoms with E-state index >= 15 is 0 Å². The molecule has 0 saturated carbocycles. The third-order valence-corrected chi connectivity index (χ3v) is 4.78. The Labute approximate surface area is 153 Å². The zero-order valence-corrected chi connectivity index (χ0v) is 15.6. The van der Waals surface area contributed by atoms with Crippen molar-refractivity contribution in [1.29, 1.82) is 0 Å². The minimum Gasteiger partial charge on any atom is -0.314 e. The fourth-order valence-electron chi connectivity index (χ4n) is 3.42. The van der Waals surface area contributed by atoms with E-state index in [1.54, 1.807) is 6.07 Å². The highest BCUT2D eigenvalue weighted by Crippen LogP contribution is 2.38. The molecule has 138 valence electrons. The van der Waals surface area contributed by atoms with Gasteiger partial charge < -0.3 is 5.32 Å². The van der Waals surface area contributed by atoms with E-state index in [1.165, 1.54) is 6.07 Å². The van der Waals surface area contributed by atoms with Crippen molar-refractivity contribution in [1.82, 2.24) is 10.2 Å². The summed E-state index contributed by atoms with van der Waals surface area (Å²) in [6, 6.07) is 4.32. The van der Waals surface area contributed by atoms with E-state index in [1.807, 2.05) is 0 Å². The Morgan fingerprint density at radius 3 is 2.38 bits per heavy atom. The van der Waals surface area contributed by atoms with Gasteiger partial charge in [0, 0.05) is 32.2 Å². The maximum Gasteiger partial charge on any atom is 0.417 e. The van der Waals surface area contributed by atoms with Gasteiger partial charge in [0.25, 0.3) is 0 Å². The molecule has 0 amide bonds. The molecule has 24 heavy (non-hydrogen) atoms. The average molecular weight is 385 g/mol. The van der Waals surface area contributed by atoms with Crippen LogP contribution in [0.3, 0.4) is 0 Å². The van der Waals surface area contributed by atoms with Crippen LogP contribution in [0.4, 0.5) is 13.2 Å². The van der Waals surface area contributed by atoms with Gasteiger partial charge in [-0.05, 0) is 30.0 Å². The molecular formula is C17H25Cl2F3N2. The molecule has 1 aromatic carbocycles. The molecule has 1 unspecified atom stereocenters. The van der Waals surface area contributed by atoms with Gasteiger partial charge in [-0.15, -0.1) is 12.4 Å². The molecule has 2 nitrogen and oxygen atoms in total. The predicted octanol–water partition coefficient (Wildman–Crippen LogP) is 5.16. The molecule has 1 N–H and O–H groups in total. The van der Waals surface area contributed by atoms with E-state index in [0.29, 0.717) is 5.92 Å². The highest BCUT2D eigenvalue weighted by molar-refractivity contribution is 6.31. The summed E-state index contributed by atoms with van der Waals surface area (Å²) >= 11 is 5.93. The number of nitrogens with one attached hydrogen (secondary N) is 1. The topological polar surface area (TPSA) is 15.3 Å². The van der Waals surface area contributed by atoms with Gasteiger partial charge in [-0.25, -0.2) is 0 Å². The van der Waals surface area contributed by atoms with Crippen LogP contribution in [0, 0.1) is 5.92 Å². The van der Waals surface area contributed by atoms with E-state index in [2.05, 4.69) is 24.1 Å². The highest BCUT2D eigenvalue weighted by atomic mass is 35.5. The lowest BCUT2D eigenvalue weighted by atomic mass is 9.88. The van der Waals surface area contributed by atoms with Gasteiger partial charge >= 0.3 is 6.18 Å². The number of nitrogens with zero attached hydrogens (tertiary/aromatic N) is 1. The van der Waals surface area contributed by atoms with Crippen molar-refractivity contribution in [2.75, 3.05) is 26.2 Å². The maximum atomic E-state index is 12.9. The predicted molar refractivity (Wildman–Crippen MR) is 95.0 cm³/mol. The molecule has 0 radical (unpaired) electrons. The van der Waals surface area contributed by atoms with Gasteiger partial charge in [0.1, 0.15) is 0 Å². The summed E-state index contributed by atoms with van der Waals surface area (Å²) < 4.78 is 38.7. The van der Waals surface area contributed by atoms with E-state index < -0.39 is 11.7 Å². The first-order chi connectivity index (χ1) is 10.8. The standard InChI is InChI=1S/C17H24ClF3N2.ClH/c1-3-4-12(2)16(23-9-7-22-8-10-23)13-5-6-14(15(18)11-13)17(19,20)21;/h5-6,11-12,16,22H,3-4,7-10H2,1-2H3;1H/t12?,16-;/m1./s1. The minimum absolute atomic E-state index is 0. The first kappa shape index (κ1) is 21.6. The maximum absolute atomic E-state index is 12.9. The molecule has 0 aliphatic carbocycles. The van der Waals surface area contributed by atoms with E-state index in [9.17, 15) is 13.2 Å². The van der Waals surface area contributed by atoms with Gasteiger partial charge in [0.05, 0.1) is 10.6 Å². The number of hydrogen-bond donors (Lipinski definition) is 1. The van der Waals surface area contributed by atoms with Crippen LogP contribution < -0.4 is 5.32 Å². The Bertz CT molecular complexity index is 517. The molecule has 0 aromatic heterocycles. The summed E-state index contributed by atoms with van der Waals surface area (Å²) in [4.78, 5) is 2.36. The van der Waals surface area contributed by atoms with Gasteiger partial charge in [-0.2, -0.15) is 13.2 Å². The van der Waals surface area contributed by atoms with Crippen LogP contribution in [0.5, 0.6) is 0 Å². The summed E-state index contributed by atoms with van der Waals surface area (Å²) in [5.41, 5.74) is 0.121. The Hall–Kier alpha value is -0.490. The Morgan fingerprint density at radius 2 is 1.88 bits per heavy atom. The summed E-state index contributed by atoms with van der Waals surface area (Å²) in [5, 5.41) is 3.11. The molecule has 1 aliphatic rings. The third-order valence-electron chi connectivity index (χ3n) is 4.47. The molecular weight excluding hydrogens is 360 g/mol. The largest absolute Gasteiger partial charge is 0.417 e. The summed E-state index contributed by atoms with van der Waals surface area (Å²) in [6.07, 6.45) is -2.32. The number of benzene rings is 1. The third kappa shape index (κ3) is 5.25. The molecule has 1 aromatic rings. The molecule has 0 spiro atoms. The van der Waals surface area contributed by atoms with Crippen LogP contribution in [-0.4, -0.2) is 31.1 Å². The number of piperazine rings is 1. The highest BCUT2D eigenvalue weighted by Gasteiger charge is 2.34. The number of halogens is 5. The van der Waals surface area contributed by atoms with Gasteiger partial charge in [-0.3, -0.25) is 4.90 Å². The lowest BCUT2D eigenvalue weighted by Crippen LogP contribution is -2.46. The molecule has 2 atom stereocenters. The molecule has 1 fully saturated rings. The van der Waals surface area contributed by atoms with Crippen molar-refractivity contribution < 1.29 is 13.2 Å². The van der Waals surface area contributed by atoms with E-state index in [-0.39, 0.29) is 23.5 Å². The Morgan fingerprint density at radius 1 is 1.25 bits per heavy atom. The second kappa shape index (κ2) is 9.27. The Kier molecular flexibility index (Phi) is 8.33. The quantitative estimate of drug-likeness (QED) is 0.753. The molecule has 7 heteroatoms. The van der Waals surface area contributed by atoms with Crippen LogP contribution in [0.1, 0.15) is 43.9 Å². The summed E-state index contributed by atoms with van der Waals surface area (Å²) in [6.45, 7) is 7.91. The second-order valence-electron chi connectivity index (χ2n) is 6.23. The number of alkyl halides is 3. The van der Waals surface area contributed by atoms with Gasteiger partial charge in [0.15, 0.2) is 0 Å². The average Bonchev–Trinajstić information content (AvgIpc) is 2.47. The summed E-state index contributed by atoms with van der Waals surface area (Å²) in [7, 11) is 0. The molecule has 1 heterocycles. The molecule has 0 bridgehead atoms. The van der Waals surface area contributed by atoms with Gasteiger partial charge in [0.2, 0.25) is 0 Å². The zero-order valence-electron chi connectivity index (χ0n) is 14.0. The van der Waals surface area contributed by atoms with Crippen molar-refractivity contribution in [2.45, 2.75) is 38.9 Å². The van der Waals surface area contributed by atoms with Crippen LogP contribution in [0.25, 0.3) is 0 Å². The van der Waals surface area contributed by atoms with Crippen molar-refractivity contribution in [2.24, 2.45) is 5.92 Å². The van der Waals surface area contributed by atoms with Crippen molar-refractivity contribution in [3.05, 3.63) is 34.3 Å². The lowest BCUT2D eigenvalue weighted by molar-refractivity contribution is -0.137. The first-order valence-corrected chi connectivity index (χ1v) is 8.53. The van der Waals surface area contributed by atoms with E-state index in [0.717, 1.165) is 50.7 Å². The smallest absolute Gasteiger partial charge is 0.314 e. The van der Waals surface area contributed by atoms with Crippen LogP contribution in [-0.2, 0) is 6.18 Å². The second-order valence-corrected chi connectivity index (χ2v) is 6.64. The van der Waals surface area contributed by atoms with Crippen molar-refractivity contribution in [3.63, 3.8) is 0 Å². The fourth-order valence-corrected chi connectivity index (χ4v) is 3.71. The van der Waals surface area contributed by atoms with Crippen molar-refractivity contribution in [3.8, 4) is 0 Å². The van der Waals surface area contributed by atoms with Crippen molar-refractivity contribution >= 4 is 24.0 Å². The van der Waals surface area contributed by atoms with Crippen LogP contribution >= 0.6 is 24.0 Å². The number of rotatable bonds is 5. The molecule has 2 rings (SSSR count). The minimum atomic E-state index is -4.41. The molecule has 1 aliphatic heterocycles. The zero-order chi connectivity index (χ0) is 17.0. The van der Waals surface area contributed by atoms with E-state index in [4.69, 9.17) is 11.6 Å². The first-order valence-electron chi connectivity index (χ1n) is 8.16. The fraction of sp³-hybridized carbons (Fsp3) is 0.647. The van der Waals surface area contributed by atoms with Crippen LogP contribution in [0.2, 0.25) is 5.02 Å². The lowest BCUT2D eigenvalue weighted by Gasteiger charge is -2.39. The van der Waals surface area contributed by atoms with Gasteiger partial charge in [-0.1, -0.05) is 37.9 Å². The molecule has 1 saturated heterocycles. The summed E-state index contributed by atoms with van der Waals surface area (Å²) in [5.74, 6) is 0.367. The monoisotopic (exact) mass is 384 g/mol. The Balaban J connectivity index is 0.00000288. The van der Waals surface area contributed by atoms with Crippen LogP contribution in [0.15, 0.2) is 18.2 Å². The number of hydrogen-bond acceptors (Lipinski definition) is 2. The SMILES string of the molecule is CCCC(C)[C@H](c1ccc(C(F)(F)F)c(Cl)c1)N1CCNCC1.Cl. The normalized spacial score (nSPS) is 18.8.